The van der Waals surface area contributed by atoms with Crippen molar-refractivity contribution in [2.45, 2.75) is 18.4 Å². The summed E-state index contributed by atoms with van der Waals surface area (Å²) in [5.74, 6) is 2.49. The summed E-state index contributed by atoms with van der Waals surface area (Å²) in [5.41, 5.74) is 0.728. The highest BCUT2D eigenvalue weighted by molar-refractivity contribution is 6.01. The van der Waals surface area contributed by atoms with Crippen LogP contribution in [0.4, 0.5) is 0 Å². The molecule has 3 heterocycles. The summed E-state index contributed by atoms with van der Waals surface area (Å²) in [6, 6.07) is 10.8. The number of benzene rings is 2. The van der Waals surface area contributed by atoms with Crippen LogP contribution < -0.4 is 18.9 Å². The van der Waals surface area contributed by atoms with Crippen molar-refractivity contribution < 1.29 is 28.5 Å². The number of amides is 1. The molecule has 7 nitrogen and oxygen atoms in total. The van der Waals surface area contributed by atoms with Crippen LogP contribution in [0.5, 0.6) is 23.0 Å². The normalized spacial score (nSPS) is 21.8. The lowest BCUT2D eigenvalue weighted by atomic mass is 9.89. The zero-order valence-corrected chi connectivity index (χ0v) is 17.3. The molecular weight excluding hydrogens is 398 g/mol. The van der Waals surface area contributed by atoms with E-state index in [2.05, 4.69) is 0 Å². The van der Waals surface area contributed by atoms with Gasteiger partial charge in [-0.3, -0.25) is 9.59 Å². The molecule has 0 saturated carbocycles. The van der Waals surface area contributed by atoms with E-state index in [-0.39, 0.29) is 18.1 Å². The van der Waals surface area contributed by atoms with Gasteiger partial charge in [0.2, 0.25) is 5.91 Å². The summed E-state index contributed by atoms with van der Waals surface area (Å²) >= 11 is 0. The van der Waals surface area contributed by atoms with Crippen molar-refractivity contribution in [1.29, 1.82) is 0 Å². The number of hydrogen-bond donors (Lipinski definition) is 0. The quantitative estimate of drug-likeness (QED) is 0.709. The van der Waals surface area contributed by atoms with Crippen molar-refractivity contribution in [3.05, 3.63) is 53.6 Å². The van der Waals surface area contributed by atoms with E-state index in [0.29, 0.717) is 61.3 Å². The van der Waals surface area contributed by atoms with Gasteiger partial charge < -0.3 is 23.8 Å². The highest BCUT2D eigenvalue weighted by atomic mass is 16.6. The van der Waals surface area contributed by atoms with Gasteiger partial charge in [0, 0.05) is 19.0 Å². The van der Waals surface area contributed by atoms with Gasteiger partial charge in [-0.2, -0.15) is 0 Å². The van der Waals surface area contributed by atoms with Crippen LogP contribution in [0.3, 0.4) is 0 Å². The fourth-order valence-electron chi connectivity index (χ4n) is 4.30. The van der Waals surface area contributed by atoms with Crippen LogP contribution >= 0.6 is 0 Å². The second-order valence-electron chi connectivity index (χ2n) is 7.99. The van der Waals surface area contributed by atoms with Crippen molar-refractivity contribution in [3.63, 3.8) is 0 Å². The molecule has 1 saturated heterocycles. The molecule has 0 aromatic heterocycles. The second kappa shape index (κ2) is 7.65. The van der Waals surface area contributed by atoms with E-state index in [9.17, 15) is 9.59 Å². The standard InChI is InChI=1S/C24H23NO6/c1-28-17-4-6-20-18(13-17)19(26)14-24(31-20)8-9-25(15-24)23(27)7-3-16-2-5-21-22(12-16)30-11-10-29-21/h2-7,12-13H,8-11,14-15H2,1H3/b7-3-. The highest BCUT2D eigenvalue weighted by Gasteiger charge is 2.46. The minimum Gasteiger partial charge on any atom is -0.497 e. The van der Waals surface area contributed by atoms with E-state index >= 15 is 0 Å². The van der Waals surface area contributed by atoms with Gasteiger partial charge in [0.1, 0.15) is 30.3 Å². The van der Waals surface area contributed by atoms with E-state index in [4.69, 9.17) is 18.9 Å². The number of carbonyl (C=O) groups is 2. The third kappa shape index (κ3) is 3.71. The van der Waals surface area contributed by atoms with Gasteiger partial charge in [0.25, 0.3) is 0 Å². The lowest BCUT2D eigenvalue weighted by molar-refractivity contribution is -0.125. The smallest absolute Gasteiger partial charge is 0.246 e. The Bertz CT molecular complexity index is 1080. The number of fused-ring (bicyclic) bond motifs is 2. The molecule has 0 bridgehead atoms. The lowest BCUT2D eigenvalue weighted by Crippen LogP contribution is -2.45. The molecule has 3 aliphatic rings. The SMILES string of the molecule is COc1ccc2c(c1)C(=O)CC1(CCN(C(=O)/C=C\c3ccc4c(c3)OCCO4)C1)O2. The molecule has 1 fully saturated rings. The third-order valence-corrected chi connectivity index (χ3v) is 5.91. The Morgan fingerprint density at radius 3 is 2.74 bits per heavy atom. The summed E-state index contributed by atoms with van der Waals surface area (Å²) in [5, 5.41) is 0. The van der Waals surface area contributed by atoms with Crippen LogP contribution in [-0.2, 0) is 4.79 Å². The van der Waals surface area contributed by atoms with Crippen LogP contribution in [0.25, 0.3) is 6.08 Å². The Balaban J connectivity index is 1.27. The van der Waals surface area contributed by atoms with E-state index < -0.39 is 5.60 Å². The summed E-state index contributed by atoms with van der Waals surface area (Å²) in [6.07, 6.45) is 4.19. The average molecular weight is 421 g/mol. The van der Waals surface area contributed by atoms with Crippen molar-refractivity contribution in [1.82, 2.24) is 4.90 Å². The summed E-state index contributed by atoms with van der Waals surface area (Å²) in [6.45, 7) is 1.99. The van der Waals surface area contributed by atoms with E-state index in [0.717, 1.165) is 5.56 Å². The van der Waals surface area contributed by atoms with Crippen LogP contribution in [0, 0.1) is 0 Å². The third-order valence-electron chi connectivity index (χ3n) is 5.91. The molecular formula is C24H23NO6. The van der Waals surface area contributed by atoms with Crippen LogP contribution in [0.1, 0.15) is 28.8 Å². The second-order valence-corrected chi connectivity index (χ2v) is 7.99. The topological polar surface area (TPSA) is 74.3 Å². The molecule has 0 aliphatic carbocycles. The summed E-state index contributed by atoms with van der Waals surface area (Å²) in [7, 11) is 1.57. The fourth-order valence-corrected chi connectivity index (χ4v) is 4.30. The van der Waals surface area contributed by atoms with Gasteiger partial charge in [0.15, 0.2) is 17.3 Å². The average Bonchev–Trinajstić information content (AvgIpc) is 3.20. The van der Waals surface area contributed by atoms with Gasteiger partial charge in [-0.15, -0.1) is 0 Å². The maximum Gasteiger partial charge on any atom is 0.246 e. The number of carbonyl (C=O) groups excluding carboxylic acids is 2. The largest absolute Gasteiger partial charge is 0.497 e. The van der Waals surface area contributed by atoms with E-state index in [1.807, 2.05) is 18.2 Å². The van der Waals surface area contributed by atoms with Crippen LogP contribution in [-0.4, -0.2) is 55.6 Å². The summed E-state index contributed by atoms with van der Waals surface area (Å²) < 4.78 is 22.5. The number of hydrogen-bond acceptors (Lipinski definition) is 6. The van der Waals surface area contributed by atoms with E-state index in [1.165, 1.54) is 0 Å². The first-order valence-electron chi connectivity index (χ1n) is 10.3. The highest BCUT2D eigenvalue weighted by Crippen LogP contribution is 2.40. The first-order chi connectivity index (χ1) is 15.0. The van der Waals surface area contributed by atoms with Crippen molar-refractivity contribution >= 4 is 17.8 Å². The Kier molecular flexibility index (Phi) is 4.81. The predicted octanol–water partition coefficient (Wildman–Crippen LogP) is 3.12. The minimum atomic E-state index is -0.667. The number of ketones is 1. The molecule has 160 valence electrons. The van der Waals surface area contributed by atoms with Crippen LogP contribution in [0.15, 0.2) is 42.5 Å². The fraction of sp³-hybridized carbons (Fsp3) is 0.333. The number of rotatable bonds is 3. The van der Waals surface area contributed by atoms with E-state index in [1.54, 1.807) is 42.4 Å². The maximum atomic E-state index is 12.8. The monoisotopic (exact) mass is 421 g/mol. The number of nitrogens with zero attached hydrogens (tertiary/aromatic N) is 1. The molecule has 1 amide bonds. The minimum absolute atomic E-state index is 0.0151. The lowest BCUT2D eigenvalue weighted by Gasteiger charge is -2.34. The zero-order valence-electron chi connectivity index (χ0n) is 17.3. The zero-order chi connectivity index (χ0) is 21.4. The predicted molar refractivity (Wildman–Crippen MR) is 113 cm³/mol. The molecule has 5 rings (SSSR count). The Hall–Kier alpha value is -3.48. The Morgan fingerprint density at radius 1 is 1.10 bits per heavy atom. The molecule has 2 aromatic carbocycles. The number of methoxy groups -OCH3 is 1. The molecule has 7 heteroatoms. The van der Waals surface area contributed by atoms with Gasteiger partial charge in [0.05, 0.1) is 25.6 Å². The molecule has 1 spiro atoms. The maximum absolute atomic E-state index is 12.8. The van der Waals surface area contributed by atoms with Gasteiger partial charge in [-0.25, -0.2) is 0 Å². The van der Waals surface area contributed by atoms with Gasteiger partial charge in [-0.05, 0) is 42.0 Å². The molecule has 31 heavy (non-hydrogen) atoms. The molecule has 1 atom stereocenters. The summed E-state index contributed by atoms with van der Waals surface area (Å²) in [4.78, 5) is 27.2. The Labute approximate surface area is 180 Å². The number of Topliss-reactive ketones (excluding diaryl/α,β-unsaturated/α-hetero) is 1. The molecule has 0 radical (unpaired) electrons. The van der Waals surface area contributed by atoms with Crippen molar-refractivity contribution in [2.75, 3.05) is 33.4 Å². The number of likely N-dealkylation sites (tertiary alicyclic amines) is 1. The molecule has 2 aromatic rings. The van der Waals surface area contributed by atoms with Gasteiger partial charge in [-0.1, -0.05) is 6.07 Å². The van der Waals surface area contributed by atoms with Gasteiger partial charge >= 0.3 is 0 Å². The Morgan fingerprint density at radius 2 is 1.90 bits per heavy atom. The van der Waals surface area contributed by atoms with Crippen molar-refractivity contribution in [3.8, 4) is 23.0 Å². The van der Waals surface area contributed by atoms with Crippen LogP contribution in [0.2, 0.25) is 0 Å². The van der Waals surface area contributed by atoms with Crippen molar-refractivity contribution in [2.24, 2.45) is 0 Å². The number of ether oxygens (including phenoxy) is 4. The first kappa shape index (κ1) is 19.5. The molecule has 3 aliphatic heterocycles. The molecule has 1 unspecified atom stereocenters. The first-order valence-corrected chi connectivity index (χ1v) is 10.3. The molecule has 0 N–H and O–H groups in total.